The van der Waals surface area contributed by atoms with Crippen molar-refractivity contribution in [1.82, 2.24) is 14.9 Å². The number of carbonyl (C=O) groups is 2. The van der Waals surface area contributed by atoms with Gasteiger partial charge in [0.25, 0.3) is 5.91 Å². The number of fused-ring (bicyclic) bond motifs is 1. The number of hydrogen-bond acceptors (Lipinski definition) is 4. The summed E-state index contributed by atoms with van der Waals surface area (Å²) in [6.07, 6.45) is -1.54. The van der Waals surface area contributed by atoms with E-state index >= 15 is 0 Å². The van der Waals surface area contributed by atoms with Gasteiger partial charge in [-0.3, -0.25) is 14.9 Å². The van der Waals surface area contributed by atoms with Crippen molar-refractivity contribution in [3.8, 4) is 0 Å². The van der Waals surface area contributed by atoms with Gasteiger partial charge in [-0.25, -0.2) is 9.97 Å². The molecule has 0 spiro atoms. The SMILES string of the molecule is Cc1cnc(NC(=O)CN2C[C@@H](C(F)(F)F)c3cc(C)ccc3C2=O)nc1. The third-order valence-corrected chi connectivity index (χ3v) is 4.26. The van der Waals surface area contributed by atoms with E-state index in [0.29, 0.717) is 5.56 Å². The van der Waals surface area contributed by atoms with Crippen molar-refractivity contribution in [1.29, 1.82) is 0 Å². The van der Waals surface area contributed by atoms with Crippen molar-refractivity contribution in [2.24, 2.45) is 0 Å². The van der Waals surface area contributed by atoms with Crippen molar-refractivity contribution in [2.75, 3.05) is 18.4 Å². The summed E-state index contributed by atoms with van der Waals surface area (Å²) in [5.41, 5.74) is 1.34. The first-order chi connectivity index (χ1) is 12.6. The Morgan fingerprint density at radius 3 is 2.52 bits per heavy atom. The Bertz CT molecular complexity index is 881. The minimum absolute atomic E-state index is 0.0263. The highest BCUT2D eigenvalue weighted by Crippen LogP contribution is 2.40. The molecule has 6 nitrogen and oxygen atoms in total. The molecule has 2 aromatic rings. The van der Waals surface area contributed by atoms with Crippen molar-refractivity contribution in [3.05, 3.63) is 52.8 Å². The Balaban J connectivity index is 1.81. The van der Waals surface area contributed by atoms with Gasteiger partial charge in [-0.1, -0.05) is 17.7 Å². The largest absolute Gasteiger partial charge is 0.397 e. The first kappa shape index (κ1) is 18.8. The lowest BCUT2D eigenvalue weighted by Crippen LogP contribution is -2.47. The fraction of sp³-hybridized carbons (Fsp3) is 0.333. The third kappa shape index (κ3) is 4.07. The average Bonchev–Trinajstić information content (AvgIpc) is 2.58. The maximum Gasteiger partial charge on any atom is 0.397 e. The summed E-state index contributed by atoms with van der Waals surface area (Å²) in [6.45, 7) is 2.31. The number of amides is 2. The number of halogens is 3. The van der Waals surface area contributed by atoms with Crippen LogP contribution in [0.2, 0.25) is 0 Å². The minimum atomic E-state index is -4.53. The zero-order chi connectivity index (χ0) is 19.8. The third-order valence-electron chi connectivity index (χ3n) is 4.26. The summed E-state index contributed by atoms with van der Waals surface area (Å²) in [5, 5.41) is 2.39. The van der Waals surface area contributed by atoms with Gasteiger partial charge < -0.3 is 4.90 Å². The summed E-state index contributed by atoms with van der Waals surface area (Å²) >= 11 is 0. The minimum Gasteiger partial charge on any atom is -0.328 e. The van der Waals surface area contributed by atoms with Gasteiger partial charge in [-0.2, -0.15) is 13.2 Å². The second-order valence-electron chi connectivity index (χ2n) is 6.50. The highest BCUT2D eigenvalue weighted by Gasteiger charge is 2.47. The maximum atomic E-state index is 13.5. The quantitative estimate of drug-likeness (QED) is 0.891. The second kappa shape index (κ2) is 6.98. The number of carbonyl (C=O) groups excluding carboxylic acids is 2. The van der Waals surface area contributed by atoms with Crippen molar-refractivity contribution in [3.63, 3.8) is 0 Å². The number of alkyl halides is 3. The number of aryl methyl sites for hydroxylation is 2. The van der Waals surface area contributed by atoms with Crippen molar-refractivity contribution in [2.45, 2.75) is 25.9 Å². The molecule has 27 heavy (non-hydrogen) atoms. The van der Waals surface area contributed by atoms with Crippen LogP contribution in [-0.2, 0) is 4.79 Å². The van der Waals surface area contributed by atoms with E-state index in [1.807, 2.05) is 0 Å². The van der Waals surface area contributed by atoms with Crippen LogP contribution in [0.4, 0.5) is 19.1 Å². The van der Waals surface area contributed by atoms with Gasteiger partial charge in [0.15, 0.2) is 0 Å². The van der Waals surface area contributed by atoms with Crippen LogP contribution < -0.4 is 5.32 Å². The lowest BCUT2D eigenvalue weighted by atomic mass is 9.87. The molecule has 2 heterocycles. The predicted molar refractivity (Wildman–Crippen MR) is 91.3 cm³/mol. The fourth-order valence-electron chi connectivity index (χ4n) is 2.95. The molecule has 0 bridgehead atoms. The normalized spacial score (nSPS) is 16.9. The highest BCUT2D eigenvalue weighted by atomic mass is 19.4. The van der Waals surface area contributed by atoms with Gasteiger partial charge in [0, 0.05) is 24.5 Å². The Kier molecular flexibility index (Phi) is 4.86. The molecule has 0 aliphatic carbocycles. The number of nitrogens with zero attached hydrogens (tertiary/aromatic N) is 3. The van der Waals surface area contributed by atoms with Crippen LogP contribution in [-0.4, -0.2) is 45.9 Å². The molecule has 0 saturated carbocycles. The molecule has 0 fully saturated rings. The van der Waals surface area contributed by atoms with Crippen LogP contribution in [0, 0.1) is 13.8 Å². The molecule has 1 atom stereocenters. The van der Waals surface area contributed by atoms with Gasteiger partial charge in [0.05, 0.1) is 5.92 Å². The molecule has 0 unspecified atom stereocenters. The summed E-state index contributed by atoms with van der Waals surface area (Å²) < 4.78 is 40.5. The highest BCUT2D eigenvalue weighted by molar-refractivity contribution is 6.00. The van der Waals surface area contributed by atoms with Crippen molar-refractivity contribution < 1.29 is 22.8 Å². The number of benzene rings is 1. The van der Waals surface area contributed by atoms with Gasteiger partial charge >= 0.3 is 6.18 Å². The first-order valence-corrected chi connectivity index (χ1v) is 8.20. The lowest BCUT2D eigenvalue weighted by molar-refractivity contribution is -0.155. The van der Waals surface area contributed by atoms with E-state index in [9.17, 15) is 22.8 Å². The Labute approximate surface area is 153 Å². The fourth-order valence-corrected chi connectivity index (χ4v) is 2.95. The van der Waals surface area contributed by atoms with Gasteiger partial charge in [-0.15, -0.1) is 0 Å². The first-order valence-electron chi connectivity index (χ1n) is 8.20. The van der Waals surface area contributed by atoms with E-state index in [1.54, 1.807) is 19.9 Å². The van der Waals surface area contributed by atoms with Crippen molar-refractivity contribution >= 4 is 17.8 Å². The van der Waals surface area contributed by atoms with Gasteiger partial charge in [-0.05, 0) is 31.0 Å². The van der Waals surface area contributed by atoms with Crippen LogP contribution in [0.25, 0.3) is 0 Å². The van der Waals surface area contributed by atoms with E-state index in [0.717, 1.165) is 10.5 Å². The monoisotopic (exact) mass is 378 g/mol. The van der Waals surface area contributed by atoms with Crippen LogP contribution in [0.1, 0.15) is 33.0 Å². The number of hydrogen-bond donors (Lipinski definition) is 1. The Morgan fingerprint density at radius 2 is 1.89 bits per heavy atom. The maximum absolute atomic E-state index is 13.5. The molecule has 3 rings (SSSR count). The van der Waals surface area contributed by atoms with E-state index in [2.05, 4.69) is 15.3 Å². The molecule has 2 amide bonds. The molecule has 142 valence electrons. The number of nitrogens with one attached hydrogen (secondary N) is 1. The van der Waals surface area contributed by atoms with Gasteiger partial charge in [0.2, 0.25) is 11.9 Å². The van der Waals surface area contributed by atoms with Crippen LogP contribution in [0.3, 0.4) is 0 Å². The van der Waals surface area contributed by atoms with E-state index in [-0.39, 0.29) is 17.1 Å². The van der Waals surface area contributed by atoms with E-state index in [1.165, 1.54) is 24.5 Å². The number of aromatic nitrogens is 2. The second-order valence-corrected chi connectivity index (χ2v) is 6.50. The van der Waals surface area contributed by atoms with Crippen LogP contribution in [0.15, 0.2) is 30.6 Å². The molecule has 1 aliphatic heterocycles. The topological polar surface area (TPSA) is 75.2 Å². The van der Waals surface area contributed by atoms with Crippen LogP contribution >= 0.6 is 0 Å². The summed E-state index contributed by atoms with van der Waals surface area (Å²) in [7, 11) is 0. The molecular weight excluding hydrogens is 361 g/mol. The zero-order valence-electron chi connectivity index (χ0n) is 14.7. The standard InChI is InChI=1S/C18H17F3N4O2/c1-10-3-4-12-13(5-10)14(18(19,20)21)8-25(16(12)27)9-15(26)24-17-22-6-11(2)7-23-17/h3-7,14H,8-9H2,1-2H3,(H,22,23,24,26)/t14-/m1/s1. The van der Waals surface area contributed by atoms with E-state index in [4.69, 9.17) is 0 Å². The molecule has 1 aromatic heterocycles. The molecule has 1 aromatic carbocycles. The average molecular weight is 378 g/mol. The molecule has 9 heteroatoms. The summed E-state index contributed by atoms with van der Waals surface area (Å²) in [6, 6.07) is 4.33. The smallest absolute Gasteiger partial charge is 0.328 e. The lowest BCUT2D eigenvalue weighted by Gasteiger charge is -2.35. The molecule has 1 N–H and O–H groups in total. The van der Waals surface area contributed by atoms with Gasteiger partial charge in [0.1, 0.15) is 6.54 Å². The molecule has 0 saturated heterocycles. The Morgan fingerprint density at radius 1 is 1.22 bits per heavy atom. The number of rotatable bonds is 3. The summed E-state index contributed by atoms with van der Waals surface area (Å²) in [5.74, 6) is -3.08. The van der Waals surface area contributed by atoms with Crippen LogP contribution in [0.5, 0.6) is 0 Å². The predicted octanol–water partition coefficient (Wildman–Crippen LogP) is 2.83. The van der Waals surface area contributed by atoms with E-state index < -0.39 is 37.0 Å². The Hall–Kier alpha value is -2.97. The summed E-state index contributed by atoms with van der Waals surface area (Å²) in [4.78, 5) is 33.5. The molecule has 1 aliphatic rings. The zero-order valence-corrected chi connectivity index (χ0v) is 14.7. The molecular formula is C18H17F3N4O2. The number of anilines is 1. The molecule has 0 radical (unpaired) electrons.